The van der Waals surface area contributed by atoms with Crippen LogP contribution in [0.15, 0.2) is 38.4 Å². The van der Waals surface area contributed by atoms with Crippen LogP contribution in [0.3, 0.4) is 0 Å². The summed E-state index contributed by atoms with van der Waals surface area (Å²) in [6.45, 7) is 1.83. The summed E-state index contributed by atoms with van der Waals surface area (Å²) in [5.74, 6) is -0.311. The monoisotopic (exact) mass is 453 g/mol. The summed E-state index contributed by atoms with van der Waals surface area (Å²) in [5, 5.41) is 7.23. The number of hydrogen-bond acceptors (Lipinski definition) is 4. The number of nitrogens with zero attached hydrogens (tertiary/aromatic N) is 4. The van der Waals surface area contributed by atoms with E-state index in [4.69, 9.17) is 0 Å². The van der Waals surface area contributed by atoms with Crippen LogP contribution < -0.4 is 10.9 Å². The fraction of sp³-hybridized carbons (Fsp3) is 0.200. The summed E-state index contributed by atoms with van der Waals surface area (Å²) in [6.07, 6.45) is 1.35. The molecule has 0 saturated carbocycles. The molecule has 0 spiro atoms. The van der Waals surface area contributed by atoms with Crippen molar-refractivity contribution in [3.05, 3.63) is 49.5 Å². The van der Waals surface area contributed by atoms with Gasteiger partial charge in [-0.05, 0) is 40.5 Å². The average Bonchev–Trinajstić information content (AvgIpc) is 2.81. The van der Waals surface area contributed by atoms with Crippen molar-refractivity contribution >= 4 is 54.5 Å². The van der Waals surface area contributed by atoms with Crippen LogP contribution in [-0.2, 0) is 18.4 Å². The maximum absolute atomic E-state index is 12.5. The summed E-state index contributed by atoms with van der Waals surface area (Å²) >= 11 is 6.67. The Morgan fingerprint density at radius 3 is 2.79 bits per heavy atom. The van der Waals surface area contributed by atoms with E-state index in [0.29, 0.717) is 21.3 Å². The number of hydrogen-bond donors (Lipinski definition) is 1. The van der Waals surface area contributed by atoms with Gasteiger partial charge in [-0.3, -0.25) is 14.2 Å². The minimum absolute atomic E-state index is 0.130. The highest BCUT2D eigenvalue weighted by Gasteiger charge is 2.15. The number of aryl methyl sites for hydroxylation is 2. The highest BCUT2D eigenvalue weighted by molar-refractivity contribution is 9.10. The predicted octanol–water partition coefficient (Wildman–Crippen LogP) is 2.60. The molecule has 7 nitrogen and oxygen atoms in total. The van der Waals surface area contributed by atoms with Crippen LogP contribution in [0.2, 0.25) is 0 Å². The molecule has 0 aliphatic carbocycles. The van der Waals surface area contributed by atoms with Gasteiger partial charge in [-0.1, -0.05) is 22.0 Å². The van der Waals surface area contributed by atoms with Gasteiger partial charge in [-0.2, -0.15) is 5.10 Å². The second-order valence-corrected chi connectivity index (χ2v) is 6.91. The van der Waals surface area contributed by atoms with Crippen molar-refractivity contribution in [1.82, 2.24) is 19.3 Å². The standard InChI is InChI=1S/C15H13Br2N5O2/c1-8-3-4-9(5-10(8)16)19-11(23)6-22-7-18-14-12(15(22)24)13(17)20-21(14)2/h3-5,7H,6H2,1-2H3,(H,19,23). The van der Waals surface area contributed by atoms with Crippen molar-refractivity contribution in [1.29, 1.82) is 0 Å². The summed E-state index contributed by atoms with van der Waals surface area (Å²) in [4.78, 5) is 28.9. The molecule has 0 unspecified atom stereocenters. The van der Waals surface area contributed by atoms with Crippen LogP contribution >= 0.6 is 31.9 Å². The Morgan fingerprint density at radius 2 is 2.08 bits per heavy atom. The molecule has 0 bridgehead atoms. The zero-order valence-electron chi connectivity index (χ0n) is 12.9. The van der Waals surface area contributed by atoms with E-state index in [1.54, 1.807) is 13.1 Å². The molecule has 0 radical (unpaired) electrons. The third kappa shape index (κ3) is 3.13. The maximum Gasteiger partial charge on any atom is 0.266 e. The lowest BCUT2D eigenvalue weighted by atomic mass is 10.2. The summed E-state index contributed by atoms with van der Waals surface area (Å²) in [5.41, 5.74) is 1.87. The van der Waals surface area contributed by atoms with Crippen LogP contribution in [0, 0.1) is 6.92 Å². The average molecular weight is 455 g/mol. The number of halogens is 2. The first-order valence-electron chi connectivity index (χ1n) is 7.00. The molecule has 0 aliphatic heterocycles. The second kappa shape index (κ2) is 6.48. The number of carbonyl (C=O) groups is 1. The number of carbonyl (C=O) groups excluding carboxylic acids is 1. The lowest BCUT2D eigenvalue weighted by Crippen LogP contribution is -2.28. The van der Waals surface area contributed by atoms with Crippen molar-refractivity contribution in [3.63, 3.8) is 0 Å². The van der Waals surface area contributed by atoms with E-state index in [9.17, 15) is 9.59 Å². The number of rotatable bonds is 3. The molecule has 1 N–H and O–H groups in total. The van der Waals surface area contributed by atoms with Crippen LogP contribution in [0.25, 0.3) is 11.0 Å². The van der Waals surface area contributed by atoms with Gasteiger partial charge in [0.1, 0.15) is 22.9 Å². The molecule has 2 aromatic heterocycles. The number of aromatic nitrogens is 4. The normalized spacial score (nSPS) is 11.0. The fourth-order valence-corrected chi connectivity index (χ4v) is 3.24. The Hall–Kier alpha value is -2.00. The number of nitrogens with one attached hydrogen (secondary N) is 1. The summed E-state index contributed by atoms with van der Waals surface area (Å²) < 4.78 is 4.08. The Kier molecular flexibility index (Phi) is 4.55. The van der Waals surface area contributed by atoms with E-state index in [0.717, 1.165) is 10.0 Å². The smallest absolute Gasteiger partial charge is 0.266 e. The molecule has 9 heteroatoms. The van der Waals surface area contributed by atoms with E-state index in [2.05, 4.69) is 47.3 Å². The Bertz CT molecular complexity index is 1010. The topological polar surface area (TPSA) is 81.8 Å². The van der Waals surface area contributed by atoms with Gasteiger partial charge in [0, 0.05) is 17.2 Å². The molecule has 0 aliphatic rings. The Labute approximate surface area is 153 Å². The second-order valence-electron chi connectivity index (χ2n) is 5.30. The third-order valence-electron chi connectivity index (χ3n) is 3.54. The highest BCUT2D eigenvalue weighted by atomic mass is 79.9. The minimum atomic E-state index is -0.319. The lowest BCUT2D eigenvalue weighted by Gasteiger charge is -2.08. The van der Waals surface area contributed by atoms with Crippen molar-refractivity contribution in [3.8, 4) is 0 Å². The SMILES string of the molecule is Cc1ccc(NC(=O)Cn2cnc3c(c(Br)nn3C)c2=O)cc1Br. The van der Waals surface area contributed by atoms with E-state index in [1.165, 1.54) is 15.6 Å². The zero-order valence-corrected chi connectivity index (χ0v) is 16.0. The van der Waals surface area contributed by atoms with Gasteiger partial charge in [0.05, 0.1) is 0 Å². The number of amides is 1. The Morgan fingerprint density at radius 1 is 1.33 bits per heavy atom. The third-order valence-corrected chi connectivity index (χ3v) is 4.95. The molecule has 0 atom stereocenters. The molecule has 24 heavy (non-hydrogen) atoms. The summed E-state index contributed by atoms with van der Waals surface area (Å²) in [6, 6.07) is 5.52. The number of benzene rings is 1. The lowest BCUT2D eigenvalue weighted by molar-refractivity contribution is -0.116. The molecule has 3 aromatic rings. The van der Waals surface area contributed by atoms with Crippen molar-refractivity contribution in [2.24, 2.45) is 7.05 Å². The van der Waals surface area contributed by atoms with E-state index >= 15 is 0 Å². The van der Waals surface area contributed by atoms with Crippen LogP contribution in [0.4, 0.5) is 5.69 Å². The van der Waals surface area contributed by atoms with E-state index in [1.807, 2.05) is 19.1 Å². The molecular formula is C15H13Br2N5O2. The Balaban J connectivity index is 1.85. The highest BCUT2D eigenvalue weighted by Crippen LogP contribution is 2.20. The predicted molar refractivity (Wildman–Crippen MR) is 98.0 cm³/mol. The molecular weight excluding hydrogens is 442 g/mol. The first kappa shape index (κ1) is 16.8. The van der Waals surface area contributed by atoms with Crippen molar-refractivity contribution in [2.75, 3.05) is 5.32 Å². The van der Waals surface area contributed by atoms with Gasteiger partial charge in [0.25, 0.3) is 5.56 Å². The van der Waals surface area contributed by atoms with Gasteiger partial charge in [-0.15, -0.1) is 0 Å². The molecule has 124 valence electrons. The summed E-state index contributed by atoms with van der Waals surface area (Å²) in [7, 11) is 1.70. The maximum atomic E-state index is 12.5. The first-order chi connectivity index (χ1) is 11.4. The van der Waals surface area contributed by atoms with Crippen molar-refractivity contribution in [2.45, 2.75) is 13.5 Å². The fourth-order valence-electron chi connectivity index (χ4n) is 2.27. The van der Waals surface area contributed by atoms with Crippen LogP contribution in [0.5, 0.6) is 0 Å². The quantitative estimate of drug-likeness (QED) is 0.659. The zero-order chi connectivity index (χ0) is 17.4. The van der Waals surface area contributed by atoms with E-state index < -0.39 is 0 Å². The van der Waals surface area contributed by atoms with Gasteiger partial charge in [0.15, 0.2) is 5.65 Å². The number of fused-ring (bicyclic) bond motifs is 1. The molecule has 3 rings (SSSR count). The van der Waals surface area contributed by atoms with Gasteiger partial charge < -0.3 is 5.32 Å². The van der Waals surface area contributed by atoms with Crippen LogP contribution in [0.1, 0.15) is 5.56 Å². The van der Waals surface area contributed by atoms with Gasteiger partial charge in [0.2, 0.25) is 5.91 Å². The number of anilines is 1. The molecule has 0 saturated heterocycles. The first-order valence-corrected chi connectivity index (χ1v) is 8.59. The van der Waals surface area contributed by atoms with Gasteiger partial charge in [-0.25, -0.2) is 9.67 Å². The largest absolute Gasteiger partial charge is 0.324 e. The molecule has 1 amide bonds. The minimum Gasteiger partial charge on any atom is -0.324 e. The molecule has 1 aromatic carbocycles. The van der Waals surface area contributed by atoms with Gasteiger partial charge >= 0.3 is 0 Å². The molecule has 0 fully saturated rings. The van der Waals surface area contributed by atoms with Crippen molar-refractivity contribution < 1.29 is 4.79 Å². The van der Waals surface area contributed by atoms with Crippen LogP contribution in [-0.4, -0.2) is 25.2 Å². The van der Waals surface area contributed by atoms with E-state index in [-0.39, 0.29) is 18.0 Å². The molecule has 2 heterocycles.